The first-order chi connectivity index (χ1) is 14.5. The van der Waals surface area contributed by atoms with Gasteiger partial charge < -0.3 is 10.6 Å². The van der Waals surface area contributed by atoms with Crippen molar-refractivity contribution in [3.8, 4) is 0 Å². The van der Waals surface area contributed by atoms with Crippen LogP contribution in [0.2, 0.25) is 5.02 Å². The molecule has 0 atom stereocenters. The molecule has 1 aliphatic rings. The molecule has 1 aliphatic heterocycles. The molecule has 3 aromatic rings. The molecular formula is C23H18ClN3O3. The molecule has 7 heteroatoms. The normalized spacial score (nSPS) is 15.0. The third-order valence-corrected chi connectivity index (χ3v) is 5.16. The number of carbonyl (C=O) groups is 3. The van der Waals surface area contributed by atoms with Crippen molar-refractivity contribution in [1.29, 1.82) is 0 Å². The van der Waals surface area contributed by atoms with Crippen molar-refractivity contribution in [2.24, 2.45) is 0 Å². The Morgan fingerprint density at radius 2 is 1.50 bits per heavy atom. The van der Waals surface area contributed by atoms with Gasteiger partial charge in [0.05, 0.1) is 0 Å². The molecule has 6 nitrogen and oxygen atoms in total. The zero-order chi connectivity index (χ0) is 21.1. The zero-order valence-electron chi connectivity index (χ0n) is 15.8. The van der Waals surface area contributed by atoms with E-state index in [4.69, 9.17) is 11.6 Å². The van der Waals surface area contributed by atoms with Crippen LogP contribution >= 0.6 is 11.6 Å². The van der Waals surface area contributed by atoms with E-state index in [-0.39, 0.29) is 0 Å². The predicted molar refractivity (Wildman–Crippen MR) is 114 cm³/mol. The number of hydrogen-bond donors (Lipinski definition) is 2. The van der Waals surface area contributed by atoms with Crippen molar-refractivity contribution in [3.05, 3.63) is 101 Å². The maximum Gasteiger partial charge on any atom is 0.326 e. The van der Waals surface area contributed by atoms with Crippen molar-refractivity contribution in [2.75, 3.05) is 11.9 Å². The van der Waals surface area contributed by atoms with Crippen molar-refractivity contribution >= 4 is 35.1 Å². The number of amides is 4. The number of anilines is 1. The van der Waals surface area contributed by atoms with Crippen LogP contribution in [0.1, 0.15) is 11.1 Å². The molecule has 0 bridgehead atoms. The van der Waals surface area contributed by atoms with E-state index >= 15 is 0 Å². The van der Waals surface area contributed by atoms with E-state index in [1.807, 2.05) is 12.1 Å². The lowest BCUT2D eigenvalue weighted by molar-refractivity contribution is -0.133. The Kier molecular flexibility index (Phi) is 5.25. The van der Waals surface area contributed by atoms with Crippen LogP contribution in [0.15, 0.2) is 84.9 Å². The number of halogens is 1. The summed E-state index contributed by atoms with van der Waals surface area (Å²) in [6.07, 6.45) is 0. The summed E-state index contributed by atoms with van der Waals surface area (Å²) in [5.74, 6) is -1.01. The fourth-order valence-electron chi connectivity index (χ4n) is 3.56. The summed E-state index contributed by atoms with van der Waals surface area (Å²) in [5, 5.41) is 5.94. The Morgan fingerprint density at radius 3 is 2.07 bits per heavy atom. The zero-order valence-corrected chi connectivity index (χ0v) is 16.6. The van der Waals surface area contributed by atoms with E-state index in [9.17, 15) is 14.4 Å². The van der Waals surface area contributed by atoms with E-state index in [1.165, 1.54) is 0 Å². The van der Waals surface area contributed by atoms with Crippen LogP contribution in [0.3, 0.4) is 0 Å². The third kappa shape index (κ3) is 3.53. The van der Waals surface area contributed by atoms with E-state index in [0.717, 1.165) is 4.90 Å². The summed E-state index contributed by atoms with van der Waals surface area (Å²) in [7, 11) is 0. The van der Waals surface area contributed by atoms with Gasteiger partial charge in [-0.15, -0.1) is 0 Å². The van der Waals surface area contributed by atoms with Crippen LogP contribution in [0.25, 0.3) is 0 Å². The highest BCUT2D eigenvalue weighted by molar-refractivity contribution is 6.30. The molecular weight excluding hydrogens is 402 g/mol. The number of urea groups is 1. The number of hydrogen-bond acceptors (Lipinski definition) is 3. The van der Waals surface area contributed by atoms with Crippen LogP contribution in [-0.2, 0) is 15.1 Å². The molecule has 150 valence electrons. The molecule has 1 heterocycles. The molecule has 0 radical (unpaired) electrons. The molecule has 1 fully saturated rings. The first-order valence-corrected chi connectivity index (χ1v) is 9.69. The van der Waals surface area contributed by atoms with Gasteiger partial charge in [-0.25, -0.2) is 4.79 Å². The molecule has 1 saturated heterocycles. The van der Waals surface area contributed by atoms with Crippen LogP contribution in [0.4, 0.5) is 10.5 Å². The van der Waals surface area contributed by atoms with E-state index < -0.39 is 29.9 Å². The molecule has 0 saturated carbocycles. The minimum Gasteiger partial charge on any atom is -0.324 e. The number of carbonyl (C=O) groups excluding carboxylic acids is 3. The predicted octanol–water partition coefficient (Wildman–Crippen LogP) is 3.77. The standard InChI is InChI=1S/C23H18ClN3O3/c24-18-12-7-13-19(14-18)25-20(28)15-27-21(29)23(26-22(27)30,16-8-3-1-4-9-16)17-10-5-2-6-11-17/h1-14H,15H2,(H,25,28)(H,26,30). The Labute approximate surface area is 178 Å². The van der Waals surface area contributed by atoms with Gasteiger partial charge in [0.1, 0.15) is 6.54 Å². The van der Waals surface area contributed by atoms with Gasteiger partial charge in [-0.3, -0.25) is 14.5 Å². The van der Waals surface area contributed by atoms with E-state index in [0.29, 0.717) is 21.8 Å². The third-order valence-electron chi connectivity index (χ3n) is 4.93. The van der Waals surface area contributed by atoms with Gasteiger partial charge in [0.25, 0.3) is 5.91 Å². The second-order valence-corrected chi connectivity index (χ2v) is 7.30. The lowest BCUT2D eigenvalue weighted by Gasteiger charge is -2.28. The maximum atomic E-state index is 13.5. The fraction of sp³-hybridized carbons (Fsp3) is 0.0870. The van der Waals surface area contributed by atoms with Gasteiger partial charge in [-0.05, 0) is 29.3 Å². The van der Waals surface area contributed by atoms with Gasteiger partial charge in [0.15, 0.2) is 5.54 Å². The summed E-state index contributed by atoms with van der Waals surface area (Å²) < 4.78 is 0. The van der Waals surface area contributed by atoms with Crippen LogP contribution in [-0.4, -0.2) is 29.3 Å². The minimum atomic E-state index is -1.39. The number of nitrogens with zero attached hydrogens (tertiary/aromatic N) is 1. The van der Waals surface area contributed by atoms with Crippen LogP contribution in [0, 0.1) is 0 Å². The van der Waals surface area contributed by atoms with Crippen LogP contribution < -0.4 is 10.6 Å². The monoisotopic (exact) mass is 419 g/mol. The molecule has 30 heavy (non-hydrogen) atoms. The van der Waals surface area contributed by atoms with Crippen molar-refractivity contribution in [2.45, 2.75) is 5.54 Å². The van der Waals surface area contributed by atoms with Gasteiger partial charge in [0.2, 0.25) is 5.91 Å². The number of rotatable bonds is 5. The topological polar surface area (TPSA) is 78.5 Å². The molecule has 0 spiro atoms. The number of nitrogens with one attached hydrogen (secondary N) is 2. The molecule has 4 rings (SSSR count). The molecule has 0 aromatic heterocycles. The number of imide groups is 1. The molecule has 2 N–H and O–H groups in total. The van der Waals surface area contributed by atoms with Crippen molar-refractivity contribution < 1.29 is 14.4 Å². The van der Waals surface area contributed by atoms with Gasteiger partial charge in [-0.2, -0.15) is 0 Å². The largest absolute Gasteiger partial charge is 0.326 e. The summed E-state index contributed by atoms with van der Waals surface area (Å²) in [6, 6.07) is 24.0. The lowest BCUT2D eigenvalue weighted by Crippen LogP contribution is -2.45. The highest BCUT2D eigenvalue weighted by Crippen LogP contribution is 2.35. The Hall–Kier alpha value is -3.64. The first kappa shape index (κ1) is 19.7. The second-order valence-electron chi connectivity index (χ2n) is 6.86. The Bertz CT molecular complexity index is 1060. The SMILES string of the molecule is O=C(CN1C(=O)NC(c2ccccc2)(c2ccccc2)C1=O)Nc1cccc(Cl)c1. The highest BCUT2D eigenvalue weighted by Gasteiger charge is 2.54. The molecule has 4 amide bonds. The van der Waals surface area contributed by atoms with Gasteiger partial charge in [-0.1, -0.05) is 78.3 Å². The molecule has 0 unspecified atom stereocenters. The molecule has 0 aliphatic carbocycles. The summed E-state index contributed by atoms with van der Waals surface area (Å²) in [4.78, 5) is 39.8. The van der Waals surface area contributed by atoms with Crippen molar-refractivity contribution in [3.63, 3.8) is 0 Å². The Balaban J connectivity index is 1.65. The average molecular weight is 420 g/mol. The summed E-state index contributed by atoms with van der Waals surface area (Å²) >= 11 is 5.94. The summed E-state index contributed by atoms with van der Waals surface area (Å²) in [6.45, 7) is -0.418. The fourth-order valence-corrected chi connectivity index (χ4v) is 3.75. The Morgan fingerprint density at radius 1 is 0.900 bits per heavy atom. The second kappa shape index (κ2) is 8.00. The maximum absolute atomic E-state index is 13.5. The summed E-state index contributed by atoms with van der Waals surface area (Å²) in [5.41, 5.74) is 0.326. The van der Waals surface area contributed by atoms with Crippen LogP contribution in [0.5, 0.6) is 0 Å². The smallest absolute Gasteiger partial charge is 0.324 e. The van der Waals surface area contributed by atoms with Gasteiger partial charge in [0, 0.05) is 10.7 Å². The first-order valence-electron chi connectivity index (χ1n) is 9.31. The van der Waals surface area contributed by atoms with E-state index in [1.54, 1.807) is 72.8 Å². The highest BCUT2D eigenvalue weighted by atomic mass is 35.5. The number of benzene rings is 3. The minimum absolute atomic E-state index is 0.418. The van der Waals surface area contributed by atoms with Crippen molar-refractivity contribution in [1.82, 2.24) is 10.2 Å². The van der Waals surface area contributed by atoms with E-state index in [2.05, 4.69) is 10.6 Å². The average Bonchev–Trinajstić information content (AvgIpc) is 3.00. The molecule has 3 aromatic carbocycles. The quantitative estimate of drug-likeness (QED) is 0.618. The van der Waals surface area contributed by atoms with Gasteiger partial charge >= 0.3 is 6.03 Å². The lowest BCUT2D eigenvalue weighted by atomic mass is 9.82.